The molecule has 0 aromatic rings. The van der Waals surface area contributed by atoms with E-state index in [1.807, 2.05) is 0 Å². The van der Waals surface area contributed by atoms with Crippen molar-refractivity contribution in [1.29, 1.82) is 0 Å². The van der Waals surface area contributed by atoms with Crippen LogP contribution in [0.15, 0.2) is 0 Å². The molecule has 0 aromatic heterocycles. The zero-order valence-corrected chi connectivity index (χ0v) is 66.9. The fraction of sp³-hybridized carbons (Fsp3) is 0.950. The van der Waals surface area contributed by atoms with E-state index < -0.39 is 97.5 Å². The smallest absolute Gasteiger partial charge is 0.462 e. The highest BCUT2D eigenvalue weighted by atomic mass is 31.2. The molecule has 99 heavy (non-hydrogen) atoms. The largest absolute Gasteiger partial charge is 0.472 e. The molecule has 17 nitrogen and oxygen atoms in total. The van der Waals surface area contributed by atoms with Crippen molar-refractivity contribution in [1.82, 2.24) is 0 Å². The third-order valence-corrected chi connectivity index (χ3v) is 20.5. The number of carbonyl (C=O) groups is 4. The number of hydrogen-bond acceptors (Lipinski definition) is 15. The number of rotatable bonds is 77. The lowest BCUT2D eigenvalue weighted by molar-refractivity contribution is -0.161. The molecule has 0 amide bonds. The van der Waals surface area contributed by atoms with E-state index in [0.717, 1.165) is 114 Å². The topological polar surface area (TPSA) is 237 Å². The molecule has 0 fully saturated rings. The van der Waals surface area contributed by atoms with Crippen molar-refractivity contribution < 1.29 is 80.2 Å². The molecular weight excluding hydrogens is 1290 g/mol. The van der Waals surface area contributed by atoms with Crippen molar-refractivity contribution >= 4 is 39.5 Å². The Morgan fingerprint density at radius 2 is 0.424 bits per heavy atom. The zero-order chi connectivity index (χ0) is 73.1. The predicted octanol–water partition coefficient (Wildman–Crippen LogP) is 23.6. The fourth-order valence-electron chi connectivity index (χ4n) is 12.3. The van der Waals surface area contributed by atoms with Crippen LogP contribution in [0.5, 0.6) is 0 Å². The van der Waals surface area contributed by atoms with Crippen LogP contribution >= 0.6 is 15.6 Å². The summed E-state index contributed by atoms with van der Waals surface area (Å²) in [7, 11) is -9.92. The van der Waals surface area contributed by atoms with E-state index >= 15 is 0 Å². The lowest BCUT2D eigenvalue weighted by Crippen LogP contribution is -2.30. The number of hydrogen-bond donors (Lipinski definition) is 3. The highest BCUT2D eigenvalue weighted by Crippen LogP contribution is 2.45. The number of aliphatic hydroxyl groups is 1. The van der Waals surface area contributed by atoms with Gasteiger partial charge in [0.1, 0.15) is 19.3 Å². The molecular formula is C80H156O17P2. The van der Waals surface area contributed by atoms with E-state index in [9.17, 15) is 43.2 Å². The maximum Gasteiger partial charge on any atom is 0.472 e. The van der Waals surface area contributed by atoms with Gasteiger partial charge in [0.05, 0.1) is 26.4 Å². The van der Waals surface area contributed by atoms with Crippen LogP contribution in [-0.2, 0) is 65.4 Å². The van der Waals surface area contributed by atoms with Gasteiger partial charge in [-0.05, 0) is 49.4 Å². The second-order valence-corrected chi connectivity index (χ2v) is 33.6. The molecule has 0 heterocycles. The average molecular weight is 1450 g/mol. The second kappa shape index (κ2) is 69.1. The normalized spacial score (nSPS) is 14.1. The number of unbranched alkanes of at least 4 members (excludes halogenated alkanes) is 43. The number of aliphatic hydroxyl groups excluding tert-OH is 1. The molecule has 0 aromatic carbocycles. The minimum Gasteiger partial charge on any atom is -0.462 e. The molecule has 0 spiro atoms. The highest BCUT2D eigenvalue weighted by Gasteiger charge is 2.30. The van der Waals surface area contributed by atoms with Gasteiger partial charge in [-0.3, -0.25) is 37.3 Å². The summed E-state index contributed by atoms with van der Waals surface area (Å²) in [5.74, 6) is 0.929. The zero-order valence-electron chi connectivity index (χ0n) is 65.1. The first-order chi connectivity index (χ1) is 47.6. The van der Waals surface area contributed by atoms with E-state index in [1.54, 1.807) is 0 Å². The number of phosphoric ester groups is 2. The van der Waals surface area contributed by atoms with Gasteiger partial charge in [-0.25, -0.2) is 9.13 Å². The van der Waals surface area contributed by atoms with Crippen LogP contribution in [0.25, 0.3) is 0 Å². The van der Waals surface area contributed by atoms with E-state index in [4.69, 9.17) is 37.0 Å². The van der Waals surface area contributed by atoms with Gasteiger partial charge in [0.15, 0.2) is 12.2 Å². The Bertz CT molecular complexity index is 1940. The van der Waals surface area contributed by atoms with Gasteiger partial charge < -0.3 is 33.8 Å². The number of ether oxygens (including phenoxy) is 4. The molecule has 3 unspecified atom stereocenters. The molecule has 0 aliphatic carbocycles. The lowest BCUT2D eigenvalue weighted by atomic mass is 10.0. The van der Waals surface area contributed by atoms with Crippen LogP contribution in [-0.4, -0.2) is 96.7 Å². The molecule has 0 saturated carbocycles. The number of phosphoric acid groups is 2. The molecule has 0 radical (unpaired) electrons. The summed E-state index contributed by atoms with van der Waals surface area (Å²) in [5, 5.41) is 10.6. The third kappa shape index (κ3) is 74.1. The van der Waals surface area contributed by atoms with Crippen molar-refractivity contribution in [3.8, 4) is 0 Å². The number of esters is 4. The van der Waals surface area contributed by atoms with Crippen molar-refractivity contribution in [3.05, 3.63) is 0 Å². The molecule has 0 saturated heterocycles. The van der Waals surface area contributed by atoms with Gasteiger partial charge in [0.25, 0.3) is 0 Å². The van der Waals surface area contributed by atoms with Crippen LogP contribution in [0, 0.1) is 23.7 Å². The molecule has 588 valence electrons. The van der Waals surface area contributed by atoms with Gasteiger partial charge >= 0.3 is 39.5 Å². The maximum atomic E-state index is 13.1. The minimum absolute atomic E-state index is 0.106. The average Bonchev–Trinajstić information content (AvgIpc) is 0.976. The van der Waals surface area contributed by atoms with Gasteiger partial charge in [-0.1, -0.05) is 357 Å². The molecule has 19 heteroatoms. The van der Waals surface area contributed by atoms with Gasteiger partial charge in [0, 0.05) is 25.7 Å². The molecule has 0 aliphatic heterocycles. The minimum atomic E-state index is -4.96. The van der Waals surface area contributed by atoms with Gasteiger partial charge in [-0.15, -0.1) is 0 Å². The monoisotopic (exact) mass is 1450 g/mol. The summed E-state index contributed by atoms with van der Waals surface area (Å²) >= 11 is 0. The lowest BCUT2D eigenvalue weighted by Gasteiger charge is -2.21. The Kier molecular flexibility index (Phi) is 67.8. The van der Waals surface area contributed by atoms with Gasteiger partial charge in [0.2, 0.25) is 0 Å². The summed E-state index contributed by atoms with van der Waals surface area (Å²) in [6.07, 6.45) is 55.7. The molecule has 0 bridgehead atoms. The fourth-order valence-corrected chi connectivity index (χ4v) is 13.8. The number of carbonyl (C=O) groups excluding carboxylic acids is 4. The maximum absolute atomic E-state index is 13.1. The Morgan fingerprint density at radius 1 is 0.253 bits per heavy atom. The molecule has 0 rings (SSSR count). The highest BCUT2D eigenvalue weighted by molar-refractivity contribution is 7.47. The Hall–Kier alpha value is -1.94. The van der Waals surface area contributed by atoms with Crippen LogP contribution in [0.2, 0.25) is 0 Å². The first-order valence-corrected chi connectivity index (χ1v) is 44.2. The standard InChI is InChI=1S/C80H156O17P2/c1-70(2)56-48-40-32-26-20-15-13-11-9-10-12-14-16-24-30-36-46-54-62-79(84)97-76(67-91-78(83)61-53-45-39-38-43-51-59-73(7)8)69-95-99(88,89)93-65-74(81)64-92-98(86,87)94-68-75(96-80(85)63-55-47-37-31-25-19-22-28-34-42-50-58-72(5)6)66-90-77(82)60-52-44-35-29-23-18-17-21-27-33-41-49-57-71(3)4/h70-76,81H,9-69H2,1-8H3,(H,86,87)(H,88,89)/t74?,75-,76-/m1/s1. The summed E-state index contributed by atoms with van der Waals surface area (Å²) < 4.78 is 68.6. The van der Waals surface area contributed by atoms with Crippen LogP contribution in [0.3, 0.4) is 0 Å². The SMILES string of the molecule is CC(C)CCCCCCCCCCCCCCCCCCCCC(=O)O[C@H](COC(=O)CCCCCCCCC(C)C)COP(=O)(O)OCC(O)COP(=O)(O)OC[C@@H](COC(=O)CCCCCCCCCCCCCCC(C)C)OC(=O)CCCCCCCCCCCCCC(C)C. The quantitative estimate of drug-likeness (QED) is 0.0222. The van der Waals surface area contributed by atoms with E-state index in [2.05, 4.69) is 55.4 Å². The summed E-state index contributed by atoms with van der Waals surface area (Å²) in [6, 6.07) is 0. The van der Waals surface area contributed by atoms with Crippen LogP contribution < -0.4 is 0 Å². The van der Waals surface area contributed by atoms with E-state index in [-0.39, 0.29) is 25.7 Å². The first-order valence-electron chi connectivity index (χ1n) is 41.2. The molecule has 3 N–H and O–H groups in total. The van der Waals surface area contributed by atoms with Gasteiger partial charge in [-0.2, -0.15) is 0 Å². The Labute approximate surface area is 607 Å². The Balaban J connectivity index is 5.19. The van der Waals surface area contributed by atoms with Crippen molar-refractivity contribution in [2.45, 2.75) is 427 Å². The molecule has 0 aliphatic rings. The molecule has 5 atom stereocenters. The summed E-state index contributed by atoms with van der Waals surface area (Å²) in [5.41, 5.74) is 0. The summed E-state index contributed by atoms with van der Waals surface area (Å²) in [4.78, 5) is 72.9. The summed E-state index contributed by atoms with van der Waals surface area (Å²) in [6.45, 7) is 14.2. The van der Waals surface area contributed by atoms with Crippen LogP contribution in [0.4, 0.5) is 0 Å². The van der Waals surface area contributed by atoms with Crippen molar-refractivity contribution in [2.24, 2.45) is 23.7 Å². The predicted molar refractivity (Wildman–Crippen MR) is 404 cm³/mol. The van der Waals surface area contributed by atoms with Crippen LogP contribution in [0.1, 0.15) is 409 Å². The van der Waals surface area contributed by atoms with E-state index in [0.29, 0.717) is 31.6 Å². The third-order valence-electron chi connectivity index (χ3n) is 18.6. The van der Waals surface area contributed by atoms with E-state index in [1.165, 1.54) is 205 Å². The first kappa shape index (κ1) is 97.1. The van der Waals surface area contributed by atoms with Crippen molar-refractivity contribution in [2.75, 3.05) is 39.6 Å². The second-order valence-electron chi connectivity index (χ2n) is 30.7. The Morgan fingerprint density at radius 3 is 0.626 bits per heavy atom. The van der Waals surface area contributed by atoms with Crippen molar-refractivity contribution in [3.63, 3.8) is 0 Å².